The maximum atomic E-state index is 11.4. The number of carbonyl (C=O) groups excluding carboxylic acids is 2. The molecule has 0 aromatic rings. The van der Waals surface area contributed by atoms with Gasteiger partial charge < -0.3 is 16.2 Å². The minimum Gasteiger partial charge on any atom is -0.391 e. The number of rotatable bonds is 5. The van der Waals surface area contributed by atoms with Crippen molar-refractivity contribution in [1.82, 2.24) is 0 Å². The van der Waals surface area contributed by atoms with Crippen LogP contribution in [0.4, 0.5) is 0 Å². The van der Waals surface area contributed by atoms with Gasteiger partial charge in [0.1, 0.15) is 12.1 Å². The Bertz CT molecular complexity index is 252. The lowest BCUT2D eigenvalue weighted by molar-refractivity contribution is -0.162. The molecule has 2 atom stereocenters. The fraction of sp³-hybridized carbons (Fsp3) is 0.818. The van der Waals surface area contributed by atoms with Crippen LogP contribution in [0.1, 0.15) is 34.1 Å². The number of hydrogen-bond acceptors (Lipinski definition) is 5. The highest BCUT2D eigenvalue weighted by Crippen LogP contribution is 2.06. The molecule has 94 valence electrons. The monoisotopic (exact) mass is 230 g/mol. The van der Waals surface area contributed by atoms with Gasteiger partial charge >= 0.3 is 11.9 Å². The van der Waals surface area contributed by atoms with Gasteiger partial charge in [0.05, 0.1) is 0 Å². The Morgan fingerprint density at radius 1 is 1.06 bits per heavy atom. The number of esters is 2. The molecule has 5 nitrogen and oxygen atoms in total. The lowest BCUT2D eigenvalue weighted by Gasteiger charge is -2.16. The van der Waals surface area contributed by atoms with E-state index in [2.05, 4.69) is 4.74 Å². The van der Waals surface area contributed by atoms with Crippen LogP contribution < -0.4 is 11.5 Å². The zero-order chi connectivity index (χ0) is 12.9. The van der Waals surface area contributed by atoms with Gasteiger partial charge in [-0.3, -0.25) is 0 Å². The molecule has 0 aromatic heterocycles. The van der Waals surface area contributed by atoms with Crippen LogP contribution in [-0.2, 0) is 14.3 Å². The Kier molecular flexibility index (Phi) is 6.21. The van der Waals surface area contributed by atoms with Crippen molar-refractivity contribution >= 4 is 11.9 Å². The van der Waals surface area contributed by atoms with Gasteiger partial charge in [-0.15, -0.1) is 0 Å². The predicted molar refractivity (Wildman–Crippen MR) is 61.3 cm³/mol. The quantitative estimate of drug-likeness (QED) is 0.527. The molecular weight excluding hydrogens is 208 g/mol. The summed E-state index contributed by atoms with van der Waals surface area (Å²) in [5, 5.41) is 0. The standard InChI is InChI=1S/C11H22N2O3/c1-6(2)5-8(12)10(14)16-11(15)9(13)7(3)4/h6-9H,5,12-13H2,1-4H3/t8-,9+/m1/s1. The molecule has 0 aliphatic heterocycles. The van der Waals surface area contributed by atoms with Crippen LogP contribution in [-0.4, -0.2) is 24.0 Å². The Hall–Kier alpha value is -0.940. The molecule has 0 fully saturated rings. The van der Waals surface area contributed by atoms with Crippen LogP contribution in [0.3, 0.4) is 0 Å². The van der Waals surface area contributed by atoms with Crippen molar-refractivity contribution in [3.05, 3.63) is 0 Å². The summed E-state index contributed by atoms with van der Waals surface area (Å²) in [6.45, 7) is 7.44. The fourth-order valence-electron chi connectivity index (χ4n) is 1.12. The van der Waals surface area contributed by atoms with E-state index in [0.717, 1.165) is 0 Å². The average Bonchev–Trinajstić information content (AvgIpc) is 2.14. The van der Waals surface area contributed by atoms with E-state index in [1.165, 1.54) is 0 Å². The molecule has 4 N–H and O–H groups in total. The number of hydrogen-bond donors (Lipinski definition) is 2. The van der Waals surface area contributed by atoms with E-state index in [-0.39, 0.29) is 11.8 Å². The third kappa shape index (κ3) is 5.23. The van der Waals surface area contributed by atoms with E-state index >= 15 is 0 Å². The van der Waals surface area contributed by atoms with Crippen molar-refractivity contribution in [1.29, 1.82) is 0 Å². The summed E-state index contributed by atoms with van der Waals surface area (Å²) in [6.07, 6.45) is 0.489. The molecule has 0 aliphatic carbocycles. The molecule has 0 aromatic carbocycles. The van der Waals surface area contributed by atoms with Crippen molar-refractivity contribution in [3.8, 4) is 0 Å². The van der Waals surface area contributed by atoms with Crippen LogP contribution in [0.15, 0.2) is 0 Å². The van der Waals surface area contributed by atoms with Crippen LogP contribution in [0.25, 0.3) is 0 Å². The summed E-state index contributed by atoms with van der Waals surface area (Å²) >= 11 is 0. The molecule has 0 saturated carbocycles. The molecule has 0 unspecified atom stereocenters. The molecule has 0 saturated heterocycles. The lowest BCUT2D eigenvalue weighted by Crippen LogP contribution is -2.42. The summed E-state index contributed by atoms with van der Waals surface area (Å²) in [5.41, 5.74) is 11.1. The Balaban J connectivity index is 4.19. The maximum absolute atomic E-state index is 11.4. The van der Waals surface area contributed by atoms with E-state index < -0.39 is 24.0 Å². The highest BCUT2D eigenvalue weighted by molar-refractivity contribution is 5.90. The highest BCUT2D eigenvalue weighted by atomic mass is 16.6. The summed E-state index contributed by atoms with van der Waals surface area (Å²) in [5.74, 6) is -1.20. The van der Waals surface area contributed by atoms with Crippen molar-refractivity contribution in [2.45, 2.75) is 46.2 Å². The Morgan fingerprint density at radius 2 is 1.56 bits per heavy atom. The second-order valence-electron chi connectivity index (χ2n) is 4.75. The first kappa shape index (κ1) is 15.1. The van der Waals surface area contributed by atoms with E-state index in [9.17, 15) is 9.59 Å². The minimum atomic E-state index is -0.782. The van der Waals surface area contributed by atoms with Crippen LogP contribution in [0.2, 0.25) is 0 Å². The Morgan fingerprint density at radius 3 is 1.94 bits per heavy atom. The van der Waals surface area contributed by atoms with Crippen LogP contribution in [0.5, 0.6) is 0 Å². The number of ether oxygens (including phenoxy) is 1. The Labute approximate surface area is 96.5 Å². The lowest BCUT2D eigenvalue weighted by atomic mass is 10.0. The molecule has 0 aliphatic rings. The van der Waals surface area contributed by atoms with Gasteiger partial charge in [0.25, 0.3) is 0 Å². The smallest absolute Gasteiger partial charge is 0.330 e. The summed E-state index contributed by atoms with van der Waals surface area (Å²) in [4.78, 5) is 22.8. The zero-order valence-corrected chi connectivity index (χ0v) is 10.4. The van der Waals surface area contributed by atoms with Gasteiger partial charge in [-0.1, -0.05) is 27.7 Å². The minimum absolute atomic E-state index is 0.0679. The van der Waals surface area contributed by atoms with E-state index in [0.29, 0.717) is 6.42 Å². The third-order valence-electron chi connectivity index (χ3n) is 2.22. The second kappa shape index (κ2) is 6.60. The molecule has 16 heavy (non-hydrogen) atoms. The first-order chi connectivity index (χ1) is 7.25. The molecule has 0 spiro atoms. The highest BCUT2D eigenvalue weighted by Gasteiger charge is 2.25. The number of nitrogens with two attached hydrogens (primary N) is 2. The summed E-state index contributed by atoms with van der Waals surface area (Å²) in [7, 11) is 0. The van der Waals surface area contributed by atoms with Crippen molar-refractivity contribution in [3.63, 3.8) is 0 Å². The van der Waals surface area contributed by atoms with Gasteiger partial charge in [0.15, 0.2) is 0 Å². The van der Waals surface area contributed by atoms with Gasteiger partial charge in [0, 0.05) is 0 Å². The summed E-state index contributed by atoms with van der Waals surface area (Å²) in [6, 6.07) is -1.54. The van der Waals surface area contributed by atoms with Crippen LogP contribution >= 0.6 is 0 Å². The van der Waals surface area contributed by atoms with E-state index in [4.69, 9.17) is 11.5 Å². The fourth-order valence-corrected chi connectivity index (χ4v) is 1.12. The molecule has 0 bridgehead atoms. The zero-order valence-electron chi connectivity index (χ0n) is 10.4. The average molecular weight is 230 g/mol. The summed E-state index contributed by atoms with van der Waals surface area (Å²) < 4.78 is 4.61. The van der Waals surface area contributed by atoms with Crippen LogP contribution in [0, 0.1) is 11.8 Å². The van der Waals surface area contributed by atoms with Gasteiger partial charge in [-0.2, -0.15) is 0 Å². The maximum Gasteiger partial charge on any atom is 0.330 e. The normalized spacial score (nSPS) is 15.0. The SMILES string of the molecule is CC(C)C[C@@H](N)C(=O)OC(=O)[C@@H](N)C(C)C. The van der Waals surface area contributed by atoms with Crippen molar-refractivity contribution < 1.29 is 14.3 Å². The van der Waals surface area contributed by atoms with E-state index in [1.54, 1.807) is 13.8 Å². The van der Waals surface area contributed by atoms with E-state index in [1.807, 2.05) is 13.8 Å². The molecule has 5 heteroatoms. The molecule has 0 amide bonds. The largest absolute Gasteiger partial charge is 0.391 e. The second-order valence-corrected chi connectivity index (χ2v) is 4.75. The first-order valence-corrected chi connectivity index (χ1v) is 5.52. The molecule has 0 heterocycles. The van der Waals surface area contributed by atoms with Gasteiger partial charge in [0.2, 0.25) is 0 Å². The molecule has 0 radical (unpaired) electrons. The first-order valence-electron chi connectivity index (χ1n) is 5.52. The molecule has 0 rings (SSSR count). The predicted octanol–water partition coefficient (Wildman–Crippen LogP) is 0.413. The number of carbonyl (C=O) groups is 2. The van der Waals surface area contributed by atoms with Gasteiger partial charge in [-0.25, -0.2) is 9.59 Å². The van der Waals surface area contributed by atoms with Crippen molar-refractivity contribution in [2.24, 2.45) is 23.3 Å². The molecular formula is C11H22N2O3. The van der Waals surface area contributed by atoms with Crippen molar-refractivity contribution in [2.75, 3.05) is 0 Å². The van der Waals surface area contributed by atoms with Gasteiger partial charge in [-0.05, 0) is 18.3 Å². The topological polar surface area (TPSA) is 95.4 Å². The third-order valence-corrected chi connectivity index (χ3v) is 2.22.